The number of rotatable bonds is 7. The van der Waals surface area contributed by atoms with E-state index in [-0.39, 0.29) is 36.1 Å². The van der Waals surface area contributed by atoms with Crippen molar-refractivity contribution >= 4 is 11.6 Å². The minimum atomic E-state index is -1.10. The molecular weight excluding hydrogens is 438 g/mol. The summed E-state index contributed by atoms with van der Waals surface area (Å²) in [5.41, 5.74) is 1.48. The lowest BCUT2D eigenvalue weighted by Gasteiger charge is -2.07. The van der Waals surface area contributed by atoms with Gasteiger partial charge < -0.3 is 10.1 Å². The number of nitrogens with one attached hydrogen (secondary N) is 1. The third-order valence-electron chi connectivity index (χ3n) is 4.70. The minimum Gasteiger partial charge on any atom is -0.471 e. The Hall–Kier alpha value is -4.14. The second-order valence-corrected chi connectivity index (χ2v) is 7.17. The molecule has 168 valence electrons. The van der Waals surface area contributed by atoms with Gasteiger partial charge in [-0.1, -0.05) is 24.3 Å². The summed E-state index contributed by atoms with van der Waals surface area (Å²) >= 11 is 0. The molecule has 1 heterocycles. The van der Waals surface area contributed by atoms with Crippen LogP contribution in [0.5, 0.6) is 5.88 Å². The Bertz CT molecular complexity index is 1270. The largest absolute Gasteiger partial charge is 0.471 e. The number of ether oxygens (including phenoxy) is 1. The molecule has 9 heteroatoms. The van der Waals surface area contributed by atoms with Crippen molar-refractivity contribution in [2.24, 2.45) is 0 Å². The van der Waals surface area contributed by atoms with Crippen molar-refractivity contribution in [2.45, 2.75) is 13.2 Å². The van der Waals surface area contributed by atoms with Crippen LogP contribution in [0.2, 0.25) is 0 Å². The predicted octanol–water partition coefficient (Wildman–Crippen LogP) is 5.32. The molecule has 1 amide bonds. The number of benzene rings is 3. The predicted molar refractivity (Wildman–Crippen MR) is 113 cm³/mol. The van der Waals surface area contributed by atoms with E-state index in [0.29, 0.717) is 5.56 Å². The summed E-state index contributed by atoms with van der Waals surface area (Å²) in [5, 5.41) is 6.77. The SMILES string of the molecule is O=C(Nc1ccc(F)c(F)c1)c1cn(Cc2ccc(F)cc2)nc1OCc1ccc(F)cc1. The lowest BCUT2D eigenvalue weighted by Crippen LogP contribution is -2.13. The van der Waals surface area contributed by atoms with Crippen LogP contribution in [0.3, 0.4) is 0 Å². The van der Waals surface area contributed by atoms with Crippen LogP contribution in [0.1, 0.15) is 21.5 Å². The van der Waals surface area contributed by atoms with Crippen molar-refractivity contribution in [2.75, 3.05) is 5.32 Å². The summed E-state index contributed by atoms with van der Waals surface area (Å²) in [5.74, 6) is -3.58. The van der Waals surface area contributed by atoms with Crippen LogP contribution in [0, 0.1) is 23.3 Å². The summed E-state index contributed by atoms with van der Waals surface area (Å²) in [6.07, 6.45) is 1.43. The minimum absolute atomic E-state index is 0.0125. The first-order chi connectivity index (χ1) is 15.9. The number of carbonyl (C=O) groups is 1. The molecule has 1 aromatic heterocycles. The Kier molecular flexibility index (Phi) is 6.39. The summed E-state index contributed by atoms with van der Waals surface area (Å²) < 4.78 is 60.1. The lowest BCUT2D eigenvalue weighted by atomic mass is 10.2. The van der Waals surface area contributed by atoms with Gasteiger partial charge in [0.25, 0.3) is 5.91 Å². The molecule has 4 rings (SSSR count). The Morgan fingerprint density at radius 3 is 2.12 bits per heavy atom. The van der Waals surface area contributed by atoms with Crippen molar-refractivity contribution in [3.8, 4) is 5.88 Å². The molecule has 1 N–H and O–H groups in total. The van der Waals surface area contributed by atoms with Crippen molar-refractivity contribution in [3.05, 3.63) is 113 Å². The first kappa shape index (κ1) is 22.1. The molecule has 0 bridgehead atoms. The lowest BCUT2D eigenvalue weighted by molar-refractivity contribution is 0.102. The standard InChI is InChI=1S/C24H17F4N3O2/c25-17-5-1-15(2-6-17)12-31-13-20(23(32)29-19-9-10-21(27)22(28)11-19)24(30-31)33-14-16-3-7-18(26)8-4-16/h1-11,13H,12,14H2,(H,29,32). The molecule has 0 spiro atoms. The first-order valence-electron chi connectivity index (χ1n) is 9.83. The summed E-state index contributed by atoms with van der Waals surface area (Å²) in [7, 11) is 0. The van der Waals surface area contributed by atoms with E-state index in [1.165, 1.54) is 53.3 Å². The van der Waals surface area contributed by atoms with Crippen LogP contribution in [0.15, 0.2) is 72.9 Å². The van der Waals surface area contributed by atoms with Crippen molar-refractivity contribution < 1.29 is 27.1 Å². The van der Waals surface area contributed by atoms with E-state index in [1.807, 2.05) is 0 Å². The fourth-order valence-corrected chi connectivity index (χ4v) is 3.03. The second kappa shape index (κ2) is 9.56. The molecule has 0 fully saturated rings. The molecule has 4 aromatic rings. The van der Waals surface area contributed by atoms with Gasteiger partial charge in [0.1, 0.15) is 23.8 Å². The number of carbonyl (C=O) groups excluding carboxylic acids is 1. The zero-order valence-corrected chi connectivity index (χ0v) is 17.1. The molecule has 33 heavy (non-hydrogen) atoms. The van der Waals surface area contributed by atoms with Crippen LogP contribution in [-0.2, 0) is 13.2 Å². The zero-order chi connectivity index (χ0) is 23.4. The van der Waals surface area contributed by atoms with E-state index < -0.39 is 23.4 Å². The van der Waals surface area contributed by atoms with E-state index in [9.17, 15) is 22.4 Å². The maximum atomic E-state index is 13.5. The van der Waals surface area contributed by atoms with Gasteiger partial charge in [0.05, 0.1) is 6.54 Å². The van der Waals surface area contributed by atoms with Crippen LogP contribution < -0.4 is 10.1 Å². The maximum absolute atomic E-state index is 13.5. The summed E-state index contributed by atoms with van der Waals surface area (Å²) in [4.78, 5) is 12.8. The van der Waals surface area contributed by atoms with Gasteiger partial charge in [0, 0.05) is 18.0 Å². The quantitative estimate of drug-likeness (QED) is 0.384. The molecule has 0 unspecified atom stereocenters. The number of amides is 1. The highest BCUT2D eigenvalue weighted by atomic mass is 19.2. The van der Waals surface area contributed by atoms with E-state index in [2.05, 4.69) is 10.4 Å². The van der Waals surface area contributed by atoms with Gasteiger partial charge in [0.2, 0.25) is 5.88 Å². The van der Waals surface area contributed by atoms with E-state index in [4.69, 9.17) is 4.74 Å². The number of nitrogens with zero attached hydrogens (tertiary/aromatic N) is 2. The van der Waals surface area contributed by atoms with Crippen molar-refractivity contribution in [1.29, 1.82) is 0 Å². The van der Waals surface area contributed by atoms with Gasteiger partial charge >= 0.3 is 0 Å². The van der Waals surface area contributed by atoms with Gasteiger partial charge in [0.15, 0.2) is 11.6 Å². The smallest absolute Gasteiger partial charge is 0.262 e. The van der Waals surface area contributed by atoms with Gasteiger partial charge in [-0.2, -0.15) is 0 Å². The summed E-state index contributed by atoms with van der Waals surface area (Å²) in [6.45, 7) is 0.241. The monoisotopic (exact) mass is 455 g/mol. The van der Waals surface area contributed by atoms with Crippen molar-refractivity contribution in [1.82, 2.24) is 9.78 Å². The second-order valence-electron chi connectivity index (χ2n) is 7.17. The van der Waals surface area contributed by atoms with Crippen molar-refractivity contribution in [3.63, 3.8) is 0 Å². The van der Waals surface area contributed by atoms with Crippen LogP contribution in [-0.4, -0.2) is 15.7 Å². The Balaban J connectivity index is 1.58. The molecule has 3 aromatic carbocycles. The summed E-state index contributed by atoms with van der Waals surface area (Å²) in [6, 6.07) is 14.4. The molecular formula is C24H17F4N3O2. The topological polar surface area (TPSA) is 56.2 Å². The molecule has 0 saturated heterocycles. The number of anilines is 1. The van der Waals surface area contributed by atoms with E-state index in [0.717, 1.165) is 17.7 Å². The first-order valence-corrected chi connectivity index (χ1v) is 9.83. The molecule has 0 aliphatic carbocycles. The van der Waals surface area contributed by atoms with Crippen LogP contribution in [0.25, 0.3) is 0 Å². The van der Waals surface area contributed by atoms with Gasteiger partial charge in [-0.05, 0) is 47.5 Å². The van der Waals surface area contributed by atoms with Gasteiger partial charge in [-0.3, -0.25) is 9.48 Å². The molecule has 0 aliphatic heterocycles. The highest BCUT2D eigenvalue weighted by Crippen LogP contribution is 2.21. The highest BCUT2D eigenvalue weighted by molar-refractivity contribution is 6.05. The van der Waals surface area contributed by atoms with E-state index >= 15 is 0 Å². The molecule has 5 nitrogen and oxygen atoms in total. The third kappa shape index (κ3) is 5.57. The van der Waals surface area contributed by atoms with Gasteiger partial charge in [-0.25, -0.2) is 17.6 Å². The maximum Gasteiger partial charge on any atom is 0.262 e. The van der Waals surface area contributed by atoms with E-state index in [1.54, 1.807) is 12.1 Å². The number of aromatic nitrogens is 2. The Labute approximate surface area is 186 Å². The number of hydrogen-bond acceptors (Lipinski definition) is 3. The fourth-order valence-electron chi connectivity index (χ4n) is 3.03. The van der Waals surface area contributed by atoms with Crippen LogP contribution >= 0.6 is 0 Å². The zero-order valence-electron chi connectivity index (χ0n) is 17.1. The normalized spacial score (nSPS) is 10.8. The molecule has 0 aliphatic rings. The molecule has 0 atom stereocenters. The Morgan fingerprint density at radius 1 is 0.848 bits per heavy atom. The van der Waals surface area contributed by atoms with Gasteiger partial charge in [-0.15, -0.1) is 5.10 Å². The number of halogens is 4. The number of hydrogen-bond donors (Lipinski definition) is 1. The Morgan fingerprint density at radius 2 is 1.48 bits per heavy atom. The average Bonchev–Trinajstić information content (AvgIpc) is 3.20. The highest BCUT2D eigenvalue weighted by Gasteiger charge is 2.19. The van der Waals surface area contributed by atoms with Crippen LogP contribution in [0.4, 0.5) is 23.2 Å². The average molecular weight is 455 g/mol. The molecule has 0 radical (unpaired) electrons. The fraction of sp³-hybridized carbons (Fsp3) is 0.0833. The third-order valence-corrected chi connectivity index (χ3v) is 4.70. The molecule has 0 saturated carbocycles.